The van der Waals surface area contributed by atoms with Gasteiger partial charge in [-0.05, 0) is 31.0 Å². The monoisotopic (exact) mass is 436 g/mol. The predicted molar refractivity (Wildman–Crippen MR) is 121 cm³/mol. The molecule has 3 rings (SSSR count). The van der Waals surface area contributed by atoms with Crippen LogP contribution in [0.15, 0.2) is 18.2 Å². The van der Waals surface area contributed by atoms with Crippen molar-refractivity contribution >= 4 is 40.6 Å². The number of rotatable bonds is 8. The minimum Gasteiger partial charge on any atom is -0.322 e. The number of halogens is 2. The Kier molecular flexibility index (Phi) is 7.12. The van der Waals surface area contributed by atoms with E-state index in [1.165, 1.54) is 0 Å². The third-order valence-electron chi connectivity index (χ3n) is 5.52. The molecule has 1 aromatic carbocycles. The van der Waals surface area contributed by atoms with Gasteiger partial charge in [0, 0.05) is 24.5 Å². The van der Waals surface area contributed by atoms with Gasteiger partial charge < -0.3 is 14.4 Å². The van der Waals surface area contributed by atoms with E-state index in [4.69, 9.17) is 28.2 Å². The second-order valence-electron chi connectivity index (χ2n) is 7.68. The highest BCUT2D eigenvalue weighted by Crippen LogP contribution is 2.40. The van der Waals surface area contributed by atoms with Gasteiger partial charge in [0.25, 0.3) is 5.91 Å². The van der Waals surface area contributed by atoms with E-state index in [1.807, 2.05) is 24.1 Å². The first-order valence-electron chi connectivity index (χ1n) is 10.5. The van der Waals surface area contributed by atoms with E-state index in [0.717, 1.165) is 50.0 Å². The summed E-state index contributed by atoms with van der Waals surface area (Å²) in [5, 5.41) is 1.14. The average molecular weight is 437 g/mol. The zero-order valence-electron chi connectivity index (χ0n) is 17.7. The molecule has 0 spiro atoms. The molecule has 0 N–H and O–H groups in total. The van der Waals surface area contributed by atoms with E-state index >= 15 is 0 Å². The number of carbonyl (C=O) groups excluding carboxylic acids is 1. The van der Waals surface area contributed by atoms with E-state index < -0.39 is 0 Å². The molecule has 29 heavy (non-hydrogen) atoms. The van der Waals surface area contributed by atoms with E-state index in [9.17, 15) is 4.79 Å². The summed E-state index contributed by atoms with van der Waals surface area (Å²) < 4.78 is 2.21. The van der Waals surface area contributed by atoms with Crippen LogP contribution in [0, 0.1) is 0 Å². The first-order valence-corrected chi connectivity index (χ1v) is 11.3. The molecule has 0 aliphatic carbocycles. The lowest BCUT2D eigenvalue weighted by Gasteiger charge is -2.35. The molecule has 0 saturated carbocycles. The van der Waals surface area contributed by atoms with Crippen molar-refractivity contribution in [3.8, 4) is 0 Å². The van der Waals surface area contributed by atoms with Gasteiger partial charge in [0.05, 0.1) is 17.4 Å². The number of aromatic nitrogens is 2. The molecule has 0 fully saturated rings. The van der Waals surface area contributed by atoms with Crippen LogP contribution in [-0.2, 0) is 6.42 Å². The number of benzene rings is 1. The fraction of sp³-hybridized carbons (Fsp3) is 0.545. The Morgan fingerprint density at radius 1 is 1.14 bits per heavy atom. The zero-order chi connectivity index (χ0) is 21.1. The number of anilines is 2. The smallest absolute Gasteiger partial charge is 0.275 e. The largest absolute Gasteiger partial charge is 0.322 e. The van der Waals surface area contributed by atoms with Gasteiger partial charge in [-0.15, -0.1) is 0 Å². The van der Waals surface area contributed by atoms with Crippen molar-refractivity contribution in [2.75, 3.05) is 18.6 Å². The van der Waals surface area contributed by atoms with Crippen LogP contribution in [0.25, 0.3) is 0 Å². The zero-order valence-corrected chi connectivity index (χ0v) is 19.2. The molecule has 1 unspecified atom stereocenters. The van der Waals surface area contributed by atoms with Gasteiger partial charge in [-0.2, -0.15) is 0 Å². The maximum absolute atomic E-state index is 13.2. The molecule has 1 amide bonds. The van der Waals surface area contributed by atoms with Crippen molar-refractivity contribution in [3.63, 3.8) is 0 Å². The van der Waals surface area contributed by atoms with Crippen LogP contribution in [0.1, 0.15) is 75.2 Å². The summed E-state index contributed by atoms with van der Waals surface area (Å²) >= 11 is 12.6. The molecule has 0 saturated heterocycles. The molecule has 1 aromatic heterocycles. The van der Waals surface area contributed by atoms with Crippen LogP contribution in [0.4, 0.5) is 11.5 Å². The van der Waals surface area contributed by atoms with Crippen molar-refractivity contribution in [1.82, 2.24) is 14.5 Å². The molecule has 5 nitrogen and oxygen atoms in total. The Balaban J connectivity index is 2.17. The average Bonchev–Trinajstić information content (AvgIpc) is 3.08. The number of hydrogen-bond acceptors (Lipinski definition) is 3. The third-order valence-corrected chi connectivity index (χ3v) is 6.06. The summed E-state index contributed by atoms with van der Waals surface area (Å²) in [7, 11) is 1.83. The van der Waals surface area contributed by atoms with Gasteiger partial charge >= 0.3 is 0 Å². The number of hydrogen-bond donors (Lipinski definition) is 0. The van der Waals surface area contributed by atoms with Crippen molar-refractivity contribution in [1.29, 1.82) is 0 Å². The molecule has 7 heteroatoms. The molecule has 2 aromatic rings. The van der Waals surface area contributed by atoms with Crippen molar-refractivity contribution in [2.24, 2.45) is 0 Å². The van der Waals surface area contributed by atoms with Crippen molar-refractivity contribution < 1.29 is 4.79 Å². The molecular weight excluding hydrogens is 407 g/mol. The van der Waals surface area contributed by atoms with Crippen LogP contribution >= 0.6 is 23.2 Å². The highest BCUT2D eigenvalue weighted by molar-refractivity contribution is 6.36. The van der Waals surface area contributed by atoms with Crippen molar-refractivity contribution in [2.45, 2.75) is 65.3 Å². The molecular formula is C22H30Cl2N4O. The number of imidazole rings is 1. The first-order chi connectivity index (χ1) is 13.9. The fourth-order valence-corrected chi connectivity index (χ4v) is 4.60. The summed E-state index contributed by atoms with van der Waals surface area (Å²) in [6.45, 7) is 6.90. The molecule has 158 valence electrons. The first kappa shape index (κ1) is 22.0. The molecule has 1 atom stereocenters. The van der Waals surface area contributed by atoms with Crippen LogP contribution in [0.2, 0.25) is 10.0 Å². The Labute approximate surface area is 183 Å². The maximum atomic E-state index is 13.2. The molecule has 0 radical (unpaired) electrons. The third kappa shape index (κ3) is 4.26. The quantitative estimate of drug-likeness (QED) is 0.476. The molecule has 1 aliphatic rings. The van der Waals surface area contributed by atoms with Gasteiger partial charge in [-0.1, -0.05) is 63.2 Å². The van der Waals surface area contributed by atoms with Gasteiger partial charge in [-0.25, -0.2) is 4.98 Å². The second-order valence-corrected chi connectivity index (χ2v) is 8.52. The summed E-state index contributed by atoms with van der Waals surface area (Å²) in [5.74, 6) is 1.68. The fourth-order valence-electron chi connectivity index (χ4n) is 4.09. The lowest BCUT2D eigenvalue weighted by atomic mass is 10.0. The minimum atomic E-state index is 0.0196. The lowest BCUT2D eigenvalue weighted by molar-refractivity contribution is 0.0772. The highest BCUT2D eigenvalue weighted by atomic mass is 35.5. The number of nitrogens with zero attached hydrogens (tertiary/aromatic N) is 4. The van der Waals surface area contributed by atoms with Gasteiger partial charge in [0.1, 0.15) is 5.82 Å². The topological polar surface area (TPSA) is 41.4 Å². The summed E-state index contributed by atoms with van der Waals surface area (Å²) in [5.41, 5.74) is 1.49. The number of carbonyl (C=O) groups is 1. The maximum Gasteiger partial charge on any atom is 0.275 e. The van der Waals surface area contributed by atoms with Gasteiger partial charge in [-0.3, -0.25) is 4.79 Å². The molecule has 1 aliphatic heterocycles. The highest BCUT2D eigenvalue weighted by Gasteiger charge is 2.36. The summed E-state index contributed by atoms with van der Waals surface area (Å²) in [4.78, 5) is 21.9. The van der Waals surface area contributed by atoms with Crippen molar-refractivity contribution in [3.05, 3.63) is 39.8 Å². The van der Waals surface area contributed by atoms with Crippen LogP contribution in [0.5, 0.6) is 0 Å². The summed E-state index contributed by atoms with van der Waals surface area (Å²) in [6.07, 6.45) is 6.21. The number of aryl methyl sites for hydroxylation is 1. The molecule has 0 bridgehead atoms. The van der Waals surface area contributed by atoms with E-state index in [-0.39, 0.29) is 11.9 Å². The Hall–Kier alpha value is -1.72. The number of unbranched alkanes of at least 4 members (excludes halogenated alkanes) is 1. The Morgan fingerprint density at radius 3 is 2.52 bits per heavy atom. The SMILES string of the molecule is CCCCC(CCC)n1c(CC)nc2c1C(=O)N(C)CN2c1ccc(Cl)cc1Cl. The summed E-state index contributed by atoms with van der Waals surface area (Å²) in [6, 6.07) is 5.72. The normalized spacial score (nSPS) is 15.0. The standard InChI is InChI=1S/C22H30Cl2N4O/c1-5-8-10-16(9-6-2)28-19(7-3)25-21-20(28)22(29)26(4)14-27(21)18-12-11-15(23)13-17(18)24/h11-13,16H,5-10,14H2,1-4H3. The van der Waals surface area contributed by atoms with Crippen LogP contribution in [0.3, 0.4) is 0 Å². The number of amides is 1. The molecule has 2 heterocycles. The Bertz CT molecular complexity index is 880. The minimum absolute atomic E-state index is 0.0196. The second kappa shape index (κ2) is 9.40. The van der Waals surface area contributed by atoms with E-state index in [1.54, 1.807) is 11.0 Å². The van der Waals surface area contributed by atoms with Crippen LogP contribution in [-0.4, -0.2) is 34.1 Å². The van der Waals surface area contributed by atoms with E-state index in [2.05, 4.69) is 25.3 Å². The van der Waals surface area contributed by atoms with E-state index in [0.29, 0.717) is 28.2 Å². The van der Waals surface area contributed by atoms with Gasteiger partial charge in [0.2, 0.25) is 0 Å². The number of fused-ring (bicyclic) bond motifs is 1. The Morgan fingerprint density at radius 2 is 1.90 bits per heavy atom. The van der Waals surface area contributed by atoms with Crippen LogP contribution < -0.4 is 4.90 Å². The predicted octanol–water partition coefficient (Wildman–Crippen LogP) is 6.46. The lowest BCUT2D eigenvalue weighted by Crippen LogP contribution is -2.43. The van der Waals surface area contributed by atoms with Gasteiger partial charge in [0.15, 0.2) is 11.5 Å².